The standard InChI is InChI=1S/C7H6O3S/c8-7(9)5-3-1-2-4-6(5)11-10/h1-5H,(H,8,9). The van der Waals surface area contributed by atoms with Gasteiger partial charge in [0.25, 0.3) is 0 Å². The van der Waals surface area contributed by atoms with Crippen molar-refractivity contribution in [3.8, 4) is 0 Å². The SMILES string of the molecule is O=S=C1C=CC=CC1C(=O)O. The van der Waals surface area contributed by atoms with Crippen molar-refractivity contribution < 1.29 is 14.1 Å². The van der Waals surface area contributed by atoms with E-state index in [1.165, 1.54) is 12.2 Å². The lowest BCUT2D eigenvalue weighted by molar-refractivity contribution is -0.137. The monoisotopic (exact) mass is 170 g/mol. The highest BCUT2D eigenvalue weighted by atomic mass is 32.1. The van der Waals surface area contributed by atoms with Gasteiger partial charge in [0.1, 0.15) is 5.92 Å². The Bertz CT molecular complexity index is 284. The van der Waals surface area contributed by atoms with Gasteiger partial charge in [-0.3, -0.25) is 4.79 Å². The molecule has 1 unspecified atom stereocenters. The highest BCUT2D eigenvalue weighted by Crippen LogP contribution is 2.07. The Balaban J connectivity index is 2.97. The van der Waals surface area contributed by atoms with Gasteiger partial charge in [0.2, 0.25) is 0 Å². The van der Waals surface area contributed by atoms with Crippen molar-refractivity contribution in [3.05, 3.63) is 24.3 Å². The molecule has 0 aromatic rings. The fourth-order valence-corrected chi connectivity index (χ4v) is 1.22. The Morgan fingerprint density at radius 2 is 2.27 bits per heavy atom. The molecule has 0 aliphatic heterocycles. The van der Waals surface area contributed by atoms with E-state index >= 15 is 0 Å². The molecule has 0 spiro atoms. The van der Waals surface area contributed by atoms with E-state index in [-0.39, 0.29) is 11.3 Å². The van der Waals surface area contributed by atoms with Crippen LogP contribution in [0.1, 0.15) is 0 Å². The molecule has 3 nitrogen and oxygen atoms in total. The molecule has 1 aliphatic rings. The first kappa shape index (κ1) is 7.94. The summed E-state index contributed by atoms with van der Waals surface area (Å²) in [5.74, 6) is -1.73. The van der Waals surface area contributed by atoms with Gasteiger partial charge in [0, 0.05) is 0 Å². The van der Waals surface area contributed by atoms with Gasteiger partial charge in [-0.05, 0) is 6.08 Å². The molecular formula is C7H6O3S. The third-order valence-electron chi connectivity index (χ3n) is 1.34. The van der Waals surface area contributed by atoms with Crippen LogP contribution in [0.3, 0.4) is 0 Å². The second-order valence-corrected chi connectivity index (χ2v) is 2.68. The van der Waals surface area contributed by atoms with Gasteiger partial charge in [-0.15, -0.1) is 0 Å². The summed E-state index contributed by atoms with van der Waals surface area (Å²) in [6, 6.07) is 0. The van der Waals surface area contributed by atoms with E-state index in [2.05, 4.69) is 0 Å². The molecule has 0 radical (unpaired) electrons. The van der Waals surface area contributed by atoms with Crippen molar-refractivity contribution in [2.24, 2.45) is 5.92 Å². The van der Waals surface area contributed by atoms with E-state index in [4.69, 9.17) is 5.11 Å². The van der Waals surface area contributed by atoms with Crippen LogP contribution < -0.4 is 0 Å². The van der Waals surface area contributed by atoms with Crippen molar-refractivity contribution in [2.45, 2.75) is 0 Å². The van der Waals surface area contributed by atoms with Crippen LogP contribution in [0.2, 0.25) is 0 Å². The van der Waals surface area contributed by atoms with E-state index in [0.29, 0.717) is 4.86 Å². The predicted octanol–water partition coefficient (Wildman–Crippen LogP) is 0.199. The number of allylic oxidation sites excluding steroid dienone is 3. The lowest BCUT2D eigenvalue weighted by atomic mass is 10.0. The van der Waals surface area contributed by atoms with Crippen LogP contribution in [-0.4, -0.2) is 20.1 Å². The van der Waals surface area contributed by atoms with Gasteiger partial charge < -0.3 is 5.11 Å². The van der Waals surface area contributed by atoms with Crippen LogP contribution in [0.4, 0.5) is 0 Å². The minimum Gasteiger partial charge on any atom is -0.481 e. The highest BCUT2D eigenvalue weighted by Gasteiger charge is 2.19. The second-order valence-electron chi connectivity index (χ2n) is 2.05. The fraction of sp³-hybridized carbons (Fsp3) is 0.143. The molecule has 0 bridgehead atoms. The van der Waals surface area contributed by atoms with E-state index in [0.717, 1.165) is 0 Å². The van der Waals surface area contributed by atoms with Gasteiger partial charge in [0.05, 0.1) is 16.1 Å². The minimum atomic E-state index is -0.982. The Labute approximate surface area is 67.1 Å². The van der Waals surface area contributed by atoms with Crippen LogP contribution >= 0.6 is 0 Å². The molecule has 1 rings (SSSR count). The maximum Gasteiger partial charge on any atom is 0.315 e. The molecule has 58 valence electrons. The number of hydrogen-bond donors (Lipinski definition) is 1. The molecule has 0 heterocycles. The van der Waals surface area contributed by atoms with Crippen molar-refractivity contribution in [1.29, 1.82) is 0 Å². The van der Waals surface area contributed by atoms with Gasteiger partial charge in [-0.25, -0.2) is 4.21 Å². The van der Waals surface area contributed by atoms with E-state index < -0.39 is 11.9 Å². The molecule has 0 aromatic heterocycles. The van der Waals surface area contributed by atoms with Gasteiger partial charge in [-0.2, -0.15) is 0 Å². The van der Waals surface area contributed by atoms with Gasteiger partial charge in [-0.1, -0.05) is 18.2 Å². The maximum atomic E-state index is 10.5. The maximum absolute atomic E-state index is 10.5. The van der Waals surface area contributed by atoms with E-state index in [9.17, 15) is 9.00 Å². The Kier molecular flexibility index (Phi) is 2.38. The zero-order valence-electron chi connectivity index (χ0n) is 5.56. The van der Waals surface area contributed by atoms with Crippen molar-refractivity contribution in [3.63, 3.8) is 0 Å². The molecule has 1 aliphatic carbocycles. The molecule has 1 N–H and O–H groups in total. The fourth-order valence-electron chi connectivity index (χ4n) is 0.808. The summed E-state index contributed by atoms with van der Waals surface area (Å²) in [5, 5.41) is 8.58. The summed E-state index contributed by atoms with van der Waals surface area (Å²) < 4.78 is 10.3. The first-order valence-corrected chi connectivity index (χ1v) is 3.74. The molecule has 4 heteroatoms. The highest BCUT2D eigenvalue weighted by molar-refractivity contribution is 7.67. The van der Waals surface area contributed by atoms with Crippen LogP contribution in [0, 0.1) is 5.92 Å². The average Bonchev–Trinajstić information content (AvgIpc) is 2.04. The zero-order valence-corrected chi connectivity index (χ0v) is 6.38. The Morgan fingerprint density at radius 3 is 2.73 bits per heavy atom. The van der Waals surface area contributed by atoms with Crippen LogP contribution in [-0.2, 0) is 16.1 Å². The first-order chi connectivity index (χ1) is 5.25. The summed E-state index contributed by atoms with van der Waals surface area (Å²) in [6.45, 7) is 0. The van der Waals surface area contributed by atoms with Crippen LogP contribution in [0.5, 0.6) is 0 Å². The number of rotatable bonds is 1. The van der Waals surface area contributed by atoms with E-state index in [1.807, 2.05) is 0 Å². The number of hydrogen-bond acceptors (Lipinski definition) is 2. The van der Waals surface area contributed by atoms with Gasteiger partial charge >= 0.3 is 5.97 Å². The summed E-state index contributed by atoms with van der Waals surface area (Å²) in [7, 11) is 0. The normalized spacial score (nSPS) is 21.8. The molecule has 0 saturated heterocycles. The molecule has 0 aromatic carbocycles. The largest absolute Gasteiger partial charge is 0.481 e. The summed E-state index contributed by atoms with van der Waals surface area (Å²) in [6.07, 6.45) is 6.29. The van der Waals surface area contributed by atoms with Crippen LogP contribution in [0.25, 0.3) is 0 Å². The number of carboxylic acid groups (broad SMARTS) is 1. The third kappa shape index (κ3) is 1.65. The van der Waals surface area contributed by atoms with Crippen molar-refractivity contribution in [1.82, 2.24) is 0 Å². The molecular weight excluding hydrogens is 164 g/mol. The minimum absolute atomic E-state index is 0.230. The third-order valence-corrected chi connectivity index (χ3v) is 1.93. The molecule has 0 amide bonds. The van der Waals surface area contributed by atoms with Crippen molar-refractivity contribution >= 4 is 22.1 Å². The van der Waals surface area contributed by atoms with Gasteiger partial charge in [0.15, 0.2) is 0 Å². The topological polar surface area (TPSA) is 54.4 Å². The zero-order chi connectivity index (χ0) is 8.27. The summed E-state index contributed by atoms with van der Waals surface area (Å²) in [4.78, 5) is 10.8. The van der Waals surface area contributed by atoms with Crippen molar-refractivity contribution in [2.75, 3.05) is 0 Å². The lowest BCUT2D eigenvalue weighted by Gasteiger charge is -2.06. The molecule has 0 fully saturated rings. The Morgan fingerprint density at radius 1 is 1.55 bits per heavy atom. The average molecular weight is 170 g/mol. The second kappa shape index (κ2) is 3.30. The number of carboxylic acids is 1. The number of carbonyl (C=O) groups is 1. The first-order valence-electron chi connectivity index (χ1n) is 3.00. The smallest absolute Gasteiger partial charge is 0.315 e. The molecule has 0 saturated carbocycles. The Hall–Kier alpha value is -1.16. The van der Waals surface area contributed by atoms with Crippen LogP contribution in [0.15, 0.2) is 24.3 Å². The summed E-state index contributed by atoms with van der Waals surface area (Å²) in [5.41, 5.74) is 0. The quantitative estimate of drug-likeness (QED) is 0.572. The number of aliphatic carboxylic acids is 1. The lowest BCUT2D eigenvalue weighted by Crippen LogP contribution is -2.21. The molecule has 1 atom stereocenters. The summed E-state index contributed by atoms with van der Waals surface area (Å²) >= 11 is 0.230. The molecule has 11 heavy (non-hydrogen) atoms. The predicted molar refractivity (Wildman–Crippen MR) is 42.6 cm³/mol. The van der Waals surface area contributed by atoms with E-state index in [1.54, 1.807) is 12.2 Å².